The predicted molar refractivity (Wildman–Crippen MR) is 68.9 cm³/mol. The van der Waals surface area contributed by atoms with Gasteiger partial charge in [-0.15, -0.1) is 12.4 Å². The van der Waals surface area contributed by atoms with Crippen molar-refractivity contribution < 1.29 is 14.3 Å². The van der Waals surface area contributed by atoms with E-state index in [9.17, 15) is 4.79 Å². The van der Waals surface area contributed by atoms with Gasteiger partial charge in [0.25, 0.3) is 5.91 Å². The number of rotatable bonds is 1. The van der Waals surface area contributed by atoms with E-state index in [1.165, 1.54) is 12.8 Å². The third-order valence-electron chi connectivity index (χ3n) is 3.93. The van der Waals surface area contributed by atoms with Crippen molar-refractivity contribution in [2.75, 3.05) is 32.9 Å². The minimum atomic E-state index is -0.375. The highest BCUT2D eigenvalue weighted by molar-refractivity contribution is 5.85. The number of ether oxygens (including phenoxy) is 2. The fraction of sp³-hybridized carbons (Fsp3) is 0.917. The zero-order chi connectivity index (χ0) is 11.7. The number of fused-ring (bicyclic) bond motifs is 2. The minimum absolute atomic E-state index is 0. The Kier molecular flexibility index (Phi) is 4.84. The highest BCUT2D eigenvalue weighted by atomic mass is 35.5. The van der Waals surface area contributed by atoms with Crippen molar-refractivity contribution in [3.05, 3.63) is 0 Å². The topological polar surface area (TPSA) is 50.8 Å². The van der Waals surface area contributed by atoms with Crippen LogP contribution in [0, 0.1) is 0 Å². The number of carbonyl (C=O) groups is 1. The Balaban J connectivity index is 0.00000120. The van der Waals surface area contributed by atoms with Crippen LogP contribution in [-0.2, 0) is 14.3 Å². The van der Waals surface area contributed by atoms with E-state index >= 15 is 0 Å². The van der Waals surface area contributed by atoms with Crippen LogP contribution in [0.15, 0.2) is 0 Å². The number of hydrogen-bond donors (Lipinski definition) is 1. The van der Waals surface area contributed by atoms with Crippen molar-refractivity contribution in [1.82, 2.24) is 10.2 Å². The minimum Gasteiger partial charge on any atom is -0.376 e. The number of carbonyl (C=O) groups excluding carboxylic acids is 1. The predicted octanol–water partition coefficient (Wildman–Crippen LogP) is 0.176. The van der Waals surface area contributed by atoms with Crippen LogP contribution in [0.4, 0.5) is 0 Å². The lowest BCUT2D eigenvalue weighted by Gasteiger charge is -2.30. The third kappa shape index (κ3) is 2.96. The lowest BCUT2D eigenvalue weighted by atomic mass is 10.1. The van der Waals surface area contributed by atoms with E-state index in [2.05, 4.69) is 5.32 Å². The summed E-state index contributed by atoms with van der Waals surface area (Å²) in [5.41, 5.74) is 0. The highest BCUT2D eigenvalue weighted by Crippen LogP contribution is 2.21. The fourth-order valence-corrected chi connectivity index (χ4v) is 2.98. The van der Waals surface area contributed by atoms with Gasteiger partial charge in [0.2, 0.25) is 0 Å². The largest absolute Gasteiger partial charge is 0.376 e. The maximum Gasteiger partial charge on any atom is 0.254 e. The molecule has 1 amide bonds. The first-order valence-corrected chi connectivity index (χ1v) is 6.57. The third-order valence-corrected chi connectivity index (χ3v) is 3.93. The van der Waals surface area contributed by atoms with Gasteiger partial charge in [-0.2, -0.15) is 0 Å². The van der Waals surface area contributed by atoms with E-state index < -0.39 is 0 Å². The number of nitrogens with one attached hydrogen (secondary N) is 1. The van der Waals surface area contributed by atoms with Crippen LogP contribution < -0.4 is 5.32 Å². The van der Waals surface area contributed by atoms with Crippen LogP contribution in [0.1, 0.15) is 19.3 Å². The number of halogens is 1. The molecule has 6 heteroatoms. The van der Waals surface area contributed by atoms with E-state index in [4.69, 9.17) is 9.47 Å². The molecule has 1 N–H and O–H groups in total. The van der Waals surface area contributed by atoms with E-state index in [-0.39, 0.29) is 24.4 Å². The number of hydrogen-bond acceptors (Lipinski definition) is 4. The van der Waals surface area contributed by atoms with Gasteiger partial charge in [-0.25, -0.2) is 0 Å². The Hall–Kier alpha value is -0.360. The van der Waals surface area contributed by atoms with Gasteiger partial charge in [0.15, 0.2) is 6.10 Å². The van der Waals surface area contributed by atoms with Crippen LogP contribution in [0.25, 0.3) is 0 Å². The average molecular weight is 277 g/mol. The number of likely N-dealkylation sites (tertiary alicyclic amines) is 1. The molecule has 104 valence electrons. The Morgan fingerprint density at radius 2 is 2.00 bits per heavy atom. The summed E-state index contributed by atoms with van der Waals surface area (Å²) in [6.07, 6.45) is 3.14. The van der Waals surface area contributed by atoms with Crippen LogP contribution in [0.5, 0.6) is 0 Å². The first-order chi connectivity index (χ1) is 8.33. The summed E-state index contributed by atoms with van der Waals surface area (Å²) >= 11 is 0. The summed E-state index contributed by atoms with van der Waals surface area (Å²) in [5.74, 6) is 0.110. The second kappa shape index (κ2) is 6.19. The van der Waals surface area contributed by atoms with E-state index in [0.29, 0.717) is 31.9 Å². The van der Waals surface area contributed by atoms with Crippen molar-refractivity contribution in [1.29, 1.82) is 0 Å². The fourth-order valence-electron chi connectivity index (χ4n) is 2.98. The summed E-state index contributed by atoms with van der Waals surface area (Å²) < 4.78 is 10.8. The van der Waals surface area contributed by atoms with Crippen LogP contribution >= 0.6 is 12.4 Å². The molecule has 3 aliphatic rings. The molecule has 3 rings (SSSR count). The summed E-state index contributed by atoms with van der Waals surface area (Å²) in [5, 5.41) is 3.57. The Morgan fingerprint density at radius 3 is 2.78 bits per heavy atom. The molecule has 2 bridgehead atoms. The Morgan fingerprint density at radius 1 is 1.17 bits per heavy atom. The van der Waals surface area contributed by atoms with E-state index in [1.807, 2.05) is 4.90 Å². The summed E-state index contributed by atoms with van der Waals surface area (Å²) in [6.45, 7) is 3.24. The van der Waals surface area contributed by atoms with Crippen molar-refractivity contribution in [2.45, 2.75) is 37.5 Å². The zero-order valence-electron chi connectivity index (χ0n) is 10.5. The standard InChI is InChI=1S/C12H20N2O3.ClH/c15-12(11-8-16-5-6-17-11)14-4-3-9-1-2-10(7-14)13-9;/h9-11,13H,1-8H2;1H. The summed E-state index contributed by atoms with van der Waals surface area (Å²) in [7, 11) is 0. The molecular formula is C12H21ClN2O3. The molecule has 3 aliphatic heterocycles. The molecular weight excluding hydrogens is 256 g/mol. The van der Waals surface area contributed by atoms with Crippen LogP contribution in [0.2, 0.25) is 0 Å². The molecule has 0 aromatic carbocycles. The maximum atomic E-state index is 12.3. The normalized spacial score (nSPS) is 35.8. The Bertz CT molecular complexity index is 297. The quantitative estimate of drug-likeness (QED) is 0.742. The highest BCUT2D eigenvalue weighted by Gasteiger charge is 2.34. The Labute approximate surface area is 114 Å². The first-order valence-electron chi connectivity index (χ1n) is 6.57. The van der Waals surface area contributed by atoms with E-state index in [0.717, 1.165) is 19.5 Å². The maximum absolute atomic E-state index is 12.3. The SMILES string of the molecule is Cl.O=C(C1COCCO1)N1CCC2CCC(C1)N2. The van der Waals surface area contributed by atoms with Gasteiger partial charge >= 0.3 is 0 Å². The molecule has 0 aliphatic carbocycles. The van der Waals surface area contributed by atoms with Crippen molar-refractivity contribution in [3.63, 3.8) is 0 Å². The second-order valence-electron chi connectivity index (χ2n) is 5.15. The molecule has 0 aromatic rings. The molecule has 3 unspecified atom stereocenters. The lowest BCUT2D eigenvalue weighted by molar-refractivity contribution is -0.158. The zero-order valence-corrected chi connectivity index (χ0v) is 11.3. The smallest absolute Gasteiger partial charge is 0.254 e. The molecule has 18 heavy (non-hydrogen) atoms. The number of nitrogens with zero attached hydrogens (tertiary/aromatic N) is 1. The van der Waals surface area contributed by atoms with Gasteiger partial charge in [-0.05, 0) is 19.3 Å². The van der Waals surface area contributed by atoms with Crippen molar-refractivity contribution in [3.8, 4) is 0 Å². The monoisotopic (exact) mass is 276 g/mol. The molecule has 0 aromatic heterocycles. The van der Waals surface area contributed by atoms with Gasteiger partial charge in [0.1, 0.15) is 0 Å². The van der Waals surface area contributed by atoms with Gasteiger partial charge < -0.3 is 19.7 Å². The molecule has 5 nitrogen and oxygen atoms in total. The molecule has 0 saturated carbocycles. The van der Waals surface area contributed by atoms with Gasteiger partial charge in [0.05, 0.1) is 19.8 Å². The summed E-state index contributed by atoms with van der Waals surface area (Å²) in [4.78, 5) is 14.2. The van der Waals surface area contributed by atoms with Gasteiger partial charge in [-0.3, -0.25) is 4.79 Å². The molecule has 3 atom stereocenters. The van der Waals surface area contributed by atoms with E-state index in [1.54, 1.807) is 0 Å². The number of amides is 1. The molecule has 0 radical (unpaired) electrons. The average Bonchev–Trinajstić information content (AvgIpc) is 2.69. The molecule has 3 fully saturated rings. The lowest BCUT2D eigenvalue weighted by Crippen LogP contribution is -2.48. The van der Waals surface area contributed by atoms with Crippen molar-refractivity contribution >= 4 is 18.3 Å². The summed E-state index contributed by atoms with van der Waals surface area (Å²) in [6, 6.07) is 1.09. The van der Waals surface area contributed by atoms with Crippen LogP contribution in [-0.4, -0.2) is 61.9 Å². The first kappa shape index (κ1) is 14.1. The van der Waals surface area contributed by atoms with Crippen LogP contribution in [0.3, 0.4) is 0 Å². The van der Waals surface area contributed by atoms with Gasteiger partial charge in [0, 0.05) is 25.2 Å². The molecule has 0 spiro atoms. The molecule has 3 heterocycles. The van der Waals surface area contributed by atoms with Gasteiger partial charge in [-0.1, -0.05) is 0 Å². The second-order valence-corrected chi connectivity index (χ2v) is 5.15. The molecule has 3 saturated heterocycles. The van der Waals surface area contributed by atoms with Crippen molar-refractivity contribution in [2.24, 2.45) is 0 Å².